The molecule has 1 aliphatic heterocycles. The van der Waals surface area contributed by atoms with Crippen LogP contribution in [0.3, 0.4) is 0 Å². The summed E-state index contributed by atoms with van der Waals surface area (Å²) in [7, 11) is 1.78. The van der Waals surface area contributed by atoms with Gasteiger partial charge in [-0.05, 0) is 38.3 Å². The van der Waals surface area contributed by atoms with E-state index in [1.54, 1.807) is 7.05 Å². The van der Waals surface area contributed by atoms with Crippen molar-refractivity contribution in [2.45, 2.75) is 57.5 Å². The number of carbonyl (C=O) groups excluding carboxylic acids is 1. The summed E-state index contributed by atoms with van der Waals surface area (Å²) in [5.74, 6) is 0.913. The van der Waals surface area contributed by atoms with Crippen LogP contribution in [-0.4, -0.2) is 50.6 Å². The molecule has 1 amide bonds. The van der Waals surface area contributed by atoms with Crippen LogP contribution >= 0.6 is 0 Å². The maximum atomic E-state index is 12.0. The average molecular weight is 372 g/mol. The molecule has 0 aromatic heterocycles. The lowest BCUT2D eigenvalue weighted by atomic mass is 10.2. The SMILES string of the molecule is CN=C(NCCC(=O)NC1CCCC1)NC1CCN(c2ccc(C)cc2)C1. The van der Waals surface area contributed by atoms with Gasteiger partial charge in [-0.2, -0.15) is 0 Å². The first kappa shape index (κ1) is 19.5. The van der Waals surface area contributed by atoms with E-state index in [0.717, 1.165) is 38.3 Å². The molecule has 1 aromatic carbocycles. The molecule has 1 unspecified atom stereocenters. The molecular weight excluding hydrogens is 338 g/mol. The van der Waals surface area contributed by atoms with Gasteiger partial charge in [-0.1, -0.05) is 30.5 Å². The number of anilines is 1. The van der Waals surface area contributed by atoms with Crippen molar-refractivity contribution in [1.82, 2.24) is 16.0 Å². The van der Waals surface area contributed by atoms with Crippen LogP contribution in [0.5, 0.6) is 0 Å². The van der Waals surface area contributed by atoms with E-state index >= 15 is 0 Å². The molecule has 2 fully saturated rings. The summed E-state index contributed by atoms with van der Waals surface area (Å²) in [6.45, 7) is 4.72. The Labute approximate surface area is 162 Å². The van der Waals surface area contributed by atoms with Gasteiger partial charge in [0.05, 0.1) is 0 Å². The second kappa shape index (κ2) is 9.62. The fourth-order valence-electron chi connectivity index (χ4n) is 3.92. The molecule has 148 valence electrons. The number of amides is 1. The van der Waals surface area contributed by atoms with Crippen molar-refractivity contribution in [1.29, 1.82) is 0 Å². The van der Waals surface area contributed by atoms with Gasteiger partial charge in [0.15, 0.2) is 5.96 Å². The number of aliphatic imine (C=N–C) groups is 1. The number of hydrogen-bond donors (Lipinski definition) is 3. The van der Waals surface area contributed by atoms with E-state index in [-0.39, 0.29) is 5.91 Å². The maximum Gasteiger partial charge on any atom is 0.221 e. The normalized spacial score (nSPS) is 20.7. The molecule has 1 atom stereocenters. The first-order chi connectivity index (χ1) is 13.1. The number of guanidine groups is 1. The van der Waals surface area contributed by atoms with Gasteiger partial charge in [0.25, 0.3) is 0 Å². The summed E-state index contributed by atoms with van der Waals surface area (Å²) >= 11 is 0. The summed E-state index contributed by atoms with van der Waals surface area (Å²) in [4.78, 5) is 18.7. The summed E-state index contributed by atoms with van der Waals surface area (Å²) in [5.41, 5.74) is 2.56. The highest BCUT2D eigenvalue weighted by molar-refractivity contribution is 5.81. The summed E-state index contributed by atoms with van der Waals surface area (Å²) in [6.07, 6.45) is 6.29. The quantitative estimate of drug-likeness (QED) is 0.530. The standard InChI is InChI=1S/C21H33N5O/c1-16-7-9-19(10-8-16)26-14-12-18(15-26)25-21(22-2)23-13-11-20(27)24-17-5-3-4-6-17/h7-10,17-18H,3-6,11-15H2,1-2H3,(H,24,27)(H2,22,23,25). The molecule has 3 N–H and O–H groups in total. The van der Waals surface area contributed by atoms with E-state index in [2.05, 4.69) is 57.0 Å². The van der Waals surface area contributed by atoms with Crippen LogP contribution < -0.4 is 20.9 Å². The van der Waals surface area contributed by atoms with Crippen molar-refractivity contribution in [2.75, 3.05) is 31.6 Å². The van der Waals surface area contributed by atoms with Crippen LogP contribution in [-0.2, 0) is 4.79 Å². The van der Waals surface area contributed by atoms with Crippen molar-refractivity contribution in [2.24, 2.45) is 4.99 Å². The topological polar surface area (TPSA) is 68.8 Å². The van der Waals surface area contributed by atoms with Crippen molar-refractivity contribution in [3.8, 4) is 0 Å². The molecule has 27 heavy (non-hydrogen) atoms. The highest BCUT2D eigenvalue weighted by Gasteiger charge is 2.23. The lowest BCUT2D eigenvalue weighted by Crippen LogP contribution is -2.45. The van der Waals surface area contributed by atoms with E-state index in [4.69, 9.17) is 0 Å². The smallest absolute Gasteiger partial charge is 0.221 e. The largest absolute Gasteiger partial charge is 0.369 e. The zero-order valence-electron chi connectivity index (χ0n) is 16.6. The predicted molar refractivity (Wildman–Crippen MR) is 111 cm³/mol. The minimum Gasteiger partial charge on any atom is -0.369 e. The average Bonchev–Trinajstić information content (AvgIpc) is 3.33. The van der Waals surface area contributed by atoms with Gasteiger partial charge >= 0.3 is 0 Å². The van der Waals surface area contributed by atoms with Gasteiger partial charge in [-0.3, -0.25) is 9.79 Å². The Morgan fingerprint density at radius 3 is 2.56 bits per heavy atom. The van der Waals surface area contributed by atoms with Gasteiger partial charge < -0.3 is 20.9 Å². The molecule has 1 heterocycles. The molecular formula is C21H33N5O. The van der Waals surface area contributed by atoms with Gasteiger partial charge in [-0.25, -0.2) is 0 Å². The molecule has 1 aliphatic carbocycles. The van der Waals surface area contributed by atoms with Crippen LogP contribution in [0.1, 0.15) is 44.1 Å². The van der Waals surface area contributed by atoms with Crippen molar-refractivity contribution in [3.63, 3.8) is 0 Å². The zero-order valence-corrected chi connectivity index (χ0v) is 16.6. The fourth-order valence-corrected chi connectivity index (χ4v) is 3.92. The van der Waals surface area contributed by atoms with Crippen LogP contribution in [0.2, 0.25) is 0 Å². The second-order valence-electron chi connectivity index (χ2n) is 7.71. The van der Waals surface area contributed by atoms with Crippen molar-refractivity contribution in [3.05, 3.63) is 29.8 Å². The number of nitrogens with one attached hydrogen (secondary N) is 3. The minimum absolute atomic E-state index is 0.135. The molecule has 0 spiro atoms. The number of carbonyl (C=O) groups is 1. The molecule has 0 radical (unpaired) electrons. The third-order valence-corrected chi connectivity index (χ3v) is 5.52. The number of nitrogens with zero attached hydrogens (tertiary/aromatic N) is 2. The first-order valence-electron chi connectivity index (χ1n) is 10.2. The van der Waals surface area contributed by atoms with E-state index in [9.17, 15) is 4.79 Å². The van der Waals surface area contributed by atoms with E-state index < -0.39 is 0 Å². The second-order valence-corrected chi connectivity index (χ2v) is 7.71. The minimum atomic E-state index is 0.135. The zero-order chi connectivity index (χ0) is 19.1. The summed E-state index contributed by atoms with van der Waals surface area (Å²) in [6, 6.07) is 9.45. The molecule has 0 bridgehead atoms. The van der Waals surface area contributed by atoms with E-state index in [1.165, 1.54) is 24.1 Å². The fraction of sp³-hybridized carbons (Fsp3) is 0.619. The third kappa shape index (κ3) is 5.88. The Morgan fingerprint density at radius 2 is 1.85 bits per heavy atom. The highest BCUT2D eigenvalue weighted by atomic mass is 16.1. The number of rotatable bonds is 6. The van der Waals surface area contributed by atoms with Crippen LogP contribution in [0.4, 0.5) is 5.69 Å². The summed E-state index contributed by atoms with van der Waals surface area (Å²) in [5, 5.41) is 9.89. The highest BCUT2D eigenvalue weighted by Crippen LogP contribution is 2.20. The molecule has 2 aliphatic rings. The molecule has 3 rings (SSSR count). The molecule has 1 saturated heterocycles. The molecule has 6 nitrogen and oxygen atoms in total. The van der Waals surface area contributed by atoms with Gasteiger partial charge in [-0.15, -0.1) is 0 Å². The Bertz CT molecular complexity index is 636. The Hall–Kier alpha value is -2.24. The van der Waals surface area contributed by atoms with Crippen molar-refractivity contribution >= 4 is 17.6 Å². The monoisotopic (exact) mass is 371 g/mol. The summed E-state index contributed by atoms with van der Waals surface area (Å²) < 4.78 is 0. The number of benzene rings is 1. The van der Waals surface area contributed by atoms with Crippen LogP contribution in [0.25, 0.3) is 0 Å². The Kier molecular flexibility index (Phi) is 6.96. The Balaban J connectivity index is 1.37. The molecule has 1 saturated carbocycles. The van der Waals surface area contributed by atoms with Gasteiger partial charge in [0, 0.05) is 50.9 Å². The Morgan fingerprint density at radius 1 is 1.11 bits per heavy atom. The van der Waals surface area contributed by atoms with Gasteiger partial charge in [0.1, 0.15) is 0 Å². The van der Waals surface area contributed by atoms with Crippen LogP contribution in [0, 0.1) is 6.92 Å². The lowest BCUT2D eigenvalue weighted by Gasteiger charge is -2.20. The van der Waals surface area contributed by atoms with Crippen LogP contribution in [0.15, 0.2) is 29.3 Å². The molecule has 6 heteroatoms. The van der Waals surface area contributed by atoms with Gasteiger partial charge in [0.2, 0.25) is 5.91 Å². The van der Waals surface area contributed by atoms with E-state index in [1.807, 2.05) is 0 Å². The lowest BCUT2D eigenvalue weighted by molar-refractivity contribution is -0.121. The van der Waals surface area contributed by atoms with E-state index in [0.29, 0.717) is 25.0 Å². The third-order valence-electron chi connectivity index (χ3n) is 5.52. The molecule has 1 aromatic rings. The maximum absolute atomic E-state index is 12.0. The number of aryl methyl sites for hydroxylation is 1. The first-order valence-corrected chi connectivity index (χ1v) is 10.2. The number of hydrogen-bond acceptors (Lipinski definition) is 3. The van der Waals surface area contributed by atoms with Crippen molar-refractivity contribution < 1.29 is 4.79 Å². The predicted octanol–water partition coefficient (Wildman–Crippen LogP) is 2.19.